The van der Waals surface area contributed by atoms with E-state index in [0.29, 0.717) is 26.1 Å². The van der Waals surface area contributed by atoms with Gasteiger partial charge in [0.1, 0.15) is 6.61 Å². The van der Waals surface area contributed by atoms with Crippen molar-refractivity contribution in [2.75, 3.05) is 19.8 Å². The normalized spacial score (nSPS) is 12.1. The Morgan fingerprint density at radius 3 is 1.13 bits per heavy atom. The van der Waals surface area contributed by atoms with Crippen molar-refractivity contribution in [3.05, 3.63) is 12.2 Å². The van der Waals surface area contributed by atoms with Crippen LogP contribution in [0.5, 0.6) is 0 Å². The number of carbonyl (C=O) groups excluding carboxylic acids is 2. The topological polar surface area (TPSA) is 61.8 Å². The van der Waals surface area contributed by atoms with Gasteiger partial charge in [-0.3, -0.25) is 9.59 Å². The van der Waals surface area contributed by atoms with Crippen LogP contribution >= 0.6 is 0 Å². The smallest absolute Gasteiger partial charge is 0.306 e. The zero-order valence-electron chi connectivity index (χ0n) is 36.8. The van der Waals surface area contributed by atoms with Gasteiger partial charge in [0, 0.05) is 19.4 Å². The molecule has 0 saturated heterocycles. The van der Waals surface area contributed by atoms with Crippen LogP contribution in [0, 0.1) is 0 Å². The molecule has 0 bridgehead atoms. The Balaban J connectivity index is 4.19. The fraction of sp³-hybridized carbons (Fsp3) is 0.918. The van der Waals surface area contributed by atoms with Crippen molar-refractivity contribution < 1.29 is 23.8 Å². The molecule has 0 spiro atoms. The molecule has 0 rings (SSSR count). The Labute approximate surface area is 337 Å². The minimum atomic E-state index is -0.527. The third-order valence-electron chi connectivity index (χ3n) is 10.8. The maximum Gasteiger partial charge on any atom is 0.306 e. The quantitative estimate of drug-likeness (QED) is 0.0351. The summed E-state index contributed by atoms with van der Waals surface area (Å²) in [5.74, 6) is -0.385. The van der Waals surface area contributed by atoms with Crippen LogP contribution in [0.25, 0.3) is 0 Å². The molecule has 5 heteroatoms. The highest BCUT2D eigenvalue weighted by Crippen LogP contribution is 2.15. The van der Waals surface area contributed by atoms with Gasteiger partial charge in [-0.25, -0.2) is 0 Å². The fourth-order valence-electron chi connectivity index (χ4n) is 7.15. The summed E-state index contributed by atoms with van der Waals surface area (Å²) >= 11 is 0. The van der Waals surface area contributed by atoms with Gasteiger partial charge >= 0.3 is 11.9 Å². The monoisotopic (exact) mass is 763 g/mol. The van der Waals surface area contributed by atoms with Gasteiger partial charge in [-0.1, -0.05) is 219 Å². The molecular weight excluding hydrogens is 669 g/mol. The summed E-state index contributed by atoms with van der Waals surface area (Å²) in [5.41, 5.74) is 0. The lowest BCUT2D eigenvalue weighted by molar-refractivity contribution is -0.163. The van der Waals surface area contributed by atoms with Gasteiger partial charge in [-0.2, -0.15) is 0 Å². The van der Waals surface area contributed by atoms with E-state index < -0.39 is 6.10 Å². The molecule has 0 N–H and O–H groups in total. The maximum atomic E-state index is 12.7. The minimum absolute atomic E-state index is 0.0915. The van der Waals surface area contributed by atoms with E-state index in [1.165, 1.54) is 193 Å². The largest absolute Gasteiger partial charge is 0.462 e. The van der Waals surface area contributed by atoms with Crippen molar-refractivity contribution in [2.24, 2.45) is 0 Å². The number of rotatable bonds is 45. The van der Waals surface area contributed by atoms with Gasteiger partial charge in [0.2, 0.25) is 0 Å². The number of esters is 2. The number of unbranched alkanes of at least 4 members (excludes halogenated alkanes) is 32. The predicted molar refractivity (Wildman–Crippen MR) is 233 cm³/mol. The lowest BCUT2D eigenvalue weighted by Crippen LogP contribution is -2.30. The maximum absolute atomic E-state index is 12.7. The van der Waals surface area contributed by atoms with Crippen LogP contribution in [-0.2, 0) is 23.8 Å². The van der Waals surface area contributed by atoms with Gasteiger partial charge in [0.25, 0.3) is 0 Å². The van der Waals surface area contributed by atoms with Crippen molar-refractivity contribution >= 4 is 11.9 Å². The summed E-state index contributed by atoms with van der Waals surface area (Å²) in [6, 6.07) is 0. The lowest BCUT2D eigenvalue weighted by Gasteiger charge is -2.18. The lowest BCUT2D eigenvalue weighted by atomic mass is 10.1. The van der Waals surface area contributed by atoms with Crippen molar-refractivity contribution in [2.45, 2.75) is 271 Å². The molecule has 0 amide bonds. The zero-order valence-corrected chi connectivity index (χ0v) is 36.8. The van der Waals surface area contributed by atoms with Crippen LogP contribution in [0.1, 0.15) is 265 Å². The first-order chi connectivity index (χ1) is 26.6. The molecule has 0 radical (unpaired) electrons. The highest BCUT2D eigenvalue weighted by atomic mass is 16.6. The van der Waals surface area contributed by atoms with E-state index in [4.69, 9.17) is 14.2 Å². The molecule has 0 aliphatic heterocycles. The highest BCUT2D eigenvalue weighted by molar-refractivity contribution is 5.70. The Morgan fingerprint density at radius 2 is 0.722 bits per heavy atom. The van der Waals surface area contributed by atoms with E-state index in [0.717, 1.165) is 38.5 Å². The van der Waals surface area contributed by atoms with Gasteiger partial charge in [0.05, 0.1) is 6.61 Å². The molecule has 0 aromatic heterocycles. The first-order valence-corrected chi connectivity index (χ1v) is 24.2. The average molecular weight is 763 g/mol. The Morgan fingerprint density at radius 1 is 0.389 bits per heavy atom. The van der Waals surface area contributed by atoms with E-state index >= 15 is 0 Å². The zero-order chi connectivity index (χ0) is 39.3. The van der Waals surface area contributed by atoms with Crippen molar-refractivity contribution in [1.82, 2.24) is 0 Å². The SMILES string of the molecule is CCCCCCCC/C=C\CCCCCCCCOCC(COC(=O)CCCCCCCCCCCCC)OC(=O)CCCCCCCCCCCCC. The molecule has 1 atom stereocenters. The molecular formula is C49H94O5. The van der Waals surface area contributed by atoms with Crippen molar-refractivity contribution in [1.29, 1.82) is 0 Å². The van der Waals surface area contributed by atoms with Gasteiger partial charge in [-0.15, -0.1) is 0 Å². The molecule has 0 aliphatic rings. The predicted octanol–water partition coefficient (Wildman–Crippen LogP) is 15.9. The molecule has 0 fully saturated rings. The van der Waals surface area contributed by atoms with E-state index in [-0.39, 0.29) is 18.5 Å². The van der Waals surface area contributed by atoms with Gasteiger partial charge < -0.3 is 14.2 Å². The average Bonchev–Trinajstić information content (AvgIpc) is 3.17. The molecule has 0 aliphatic carbocycles. The molecule has 0 aromatic carbocycles. The molecule has 0 saturated carbocycles. The van der Waals surface area contributed by atoms with Crippen LogP contribution in [0.2, 0.25) is 0 Å². The summed E-state index contributed by atoms with van der Waals surface area (Å²) < 4.78 is 17.3. The first-order valence-electron chi connectivity index (χ1n) is 24.2. The second-order valence-corrected chi connectivity index (χ2v) is 16.4. The van der Waals surface area contributed by atoms with E-state index in [1.807, 2.05) is 0 Å². The van der Waals surface area contributed by atoms with Gasteiger partial charge in [-0.05, 0) is 44.9 Å². The summed E-state index contributed by atoms with van der Waals surface area (Å²) in [5, 5.41) is 0. The summed E-state index contributed by atoms with van der Waals surface area (Å²) in [7, 11) is 0. The first kappa shape index (κ1) is 52.6. The minimum Gasteiger partial charge on any atom is -0.462 e. The standard InChI is InChI=1S/C49H94O5/c1-4-7-10-13-16-19-22-23-24-25-26-29-32-35-38-41-44-52-45-47(54-49(51)43-40-37-34-31-28-21-18-15-12-9-6-3)46-53-48(50)42-39-36-33-30-27-20-17-14-11-8-5-2/h23-24,47H,4-22,25-46H2,1-3H3/b24-23-. The second-order valence-electron chi connectivity index (χ2n) is 16.4. The van der Waals surface area contributed by atoms with Crippen LogP contribution in [-0.4, -0.2) is 37.9 Å². The third-order valence-corrected chi connectivity index (χ3v) is 10.8. The Bertz CT molecular complexity index is 780. The number of hydrogen-bond acceptors (Lipinski definition) is 5. The number of hydrogen-bond donors (Lipinski definition) is 0. The molecule has 5 nitrogen and oxygen atoms in total. The molecule has 320 valence electrons. The number of ether oxygens (including phenoxy) is 3. The highest BCUT2D eigenvalue weighted by Gasteiger charge is 2.17. The van der Waals surface area contributed by atoms with Crippen LogP contribution < -0.4 is 0 Å². The summed E-state index contributed by atoms with van der Waals surface area (Å²) in [4.78, 5) is 25.2. The third kappa shape index (κ3) is 43.4. The summed E-state index contributed by atoms with van der Waals surface area (Å²) in [6.45, 7) is 7.84. The Hall–Kier alpha value is -1.36. The molecule has 1 unspecified atom stereocenters. The van der Waals surface area contributed by atoms with Crippen LogP contribution in [0.15, 0.2) is 12.2 Å². The van der Waals surface area contributed by atoms with E-state index in [2.05, 4.69) is 32.9 Å². The fourth-order valence-corrected chi connectivity index (χ4v) is 7.15. The number of carbonyl (C=O) groups is 2. The van der Waals surface area contributed by atoms with Gasteiger partial charge in [0.15, 0.2) is 6.10 Å². The Kier molecular flexibility index (Phi) is 44.9. The van der Waals surface area contributed by atoms with Crippen molar-refractivity contribution in [3.8, 4) is 0 Å². The van der Waals surface area contributed by atoms with E-state index in [9.17, 15) is 9.59 Å². The van der Waals surface area contributed by atoms with Crippen molar-refractivity contribution in [3.63, 3.8) is 0 Å². The second kappa shape index (κ2) is 46.0. The van der Waals surface area contributed by atoms with E-state index in [1.54, 1.807) is 0 Å². The summed E-state index contributed by atoms with van der Waals surface area (Å²) in [6.07, 6.45) is 50.6. The molecule has 0 heterocycles. The molecule has 54 heavy (non-hydrogen) atoms. The van der Waals surface area contributed by atoms with Crippen LogP contribution in [0.4, 0.5) is 0 Å². The molecule has 0 aromatic rings. The van der Waals surface area contributed by atoms with Crippen LogP contribution in [0.3, 0.4) is 0 Å². The number of allylic oxidation sites excluding steroid dienone is 2.